The fraction of sp³-hybridized carbons (Fsp3) is 0.0667. The van der Waals surface area contributed by atoms with Crippen molar-refractivity contribution < 1.29 is 8.81 Å². The predicted molar refractivity (Wildman–Crippen MR) is 79.2 cm³/mol. The highest BCUT2D eigenvalue weighted by atomic mass is 32.1. The third-order valence-corrected chi connectivity index (χ3v) is 4.20. The Bertz CT molecular complexity index is 1020. The molecular formula is C15H9FN2O2S. The second kappa shape index (κ2) is 4.53. The van der Waals surface area contributed by atoms with Crippen LogP contribution in [0.15, 0.2) is 51.1 Å². The topological polar surface area (TPSA) is 48.0 Å². The normalized spacial score (nSPS) is 11.5. The number of pyridine rings is 1. The summed E-state index contributed by atoms with van der Waals surface area (Å²) in [7, 11) is 0. The Labute approximate surface area is 122 Å². The van der Waals surface area contributed by atoms with Crippen LogP contribution in [0.2, 0.25) is 0 Å². The molecule has 0 spiro atoms. The maximum absolute atomic E-state index is 13.2. The maximum Gasteiger partial charge on any atom is 0.215 e. The van der Waals surface area contributed by atoms with Gasteiger partial charge < -0.3 is 8.98 Å². The van der Waals surface area contributed by atoms with E-state index in [1.807, 2.05) is 16.0 Å². The van der Waals surface area contributed by atoms with Crippen LogP contribution in [0.5, 0.6) is 0 Å². The van der Waals surface area contributed by atoms with Crippen molar-refractivity contribution in [1.29, 1.82) is 0 Å². The number of benzene rings is 1. The van der Waals surface area contributed by atoms with Crippen molar-refractivity contribution in [2.75, 3.05) is 0 Å². The fourth-order valence-corrected chi connectivity index (χ4v) is 3.15. The van der Waals surface area contributed by atoms with Crippen molar-refractivity contribution in [2.24, 2.45) is 0 Å². The molecule has 0 fully saturated rings. The molecule has 0 saturated carbocycles. The lowest BCUT2D eigenvalue weighted by molar-refractivity contribution is 0.512. The van der Waals surface area contributed by atoms with E-state index in [4.69, 9.17) is 4.42 Å². The number of nitrogens with zero attached hydrogens (tertiary/aromatic N) is 2. The molecule has 0 radical (unpaired) electrons. The van der Waals surface area contributed by atoms with Crippen LogP contribution < -0.4 is 5.43 Å². The van der Waals surface area contributed by atoms with Crippen LogP contribution in [-0.2, 0) is 6.54 Å². The van der Waals surface area contributed by atoms with Gasteiger partial charge >= 0.3 is 0 Å². The first-order valence-corrected chi connectivity index (χ1v) is 7.20. The standard InChI is InChI=1S/C15H9FN2O2S/c16-9-1-2-13-10(7-9)17-14(20-13)8-18-5-3-12(19)15-11(18)4-6-21-15/h1-7H,8H2. The molecule has 0 N–H and O–H groups in total. The van der Waals surface area contributed by atoms with Crippen LogP contribution in [0.4, 0.5) is 4.39 Å². The SMILES string of the molecule is O=c1ccn(Cc2nc3cc(F)ccc3o2)c2ccsc12. The van der Waals surface area contributed by atoms with Gasteiger partial charge in [0.15, 0.2) is 11.0 Å². The van der Waals surface area contributed by atoms with Gasteiger partial charge in [-0.1, -0.05) is 0 Å². The number of fused-ring (bicyclic) bond motifs is 2. The molecule has 0 aliphatic carbocycles. The summed E-state index contributed by atoms with van der Waals surface area (Å²) in [5, 5.41) is 1.88. The quantitative estimate of drug-likeness (QED) is 0.570. The van der Waals surface area contributed by atoms with E-state index in [9.17, 15) is 9.18 Å². The molecule has 4 aromatic rings. The first-order valence-electron chi connectivity index (χ1n) is 6.32. The minimum atomic E-state index is -0.342. The van der Waals surface area contributed by atoms with Gasteiger partial charge in [0.05, 0.1) is 16.8 Å². The van der Waals surface area contributed by atoms with Gasteiger partial charge in [-0.3, -0.25) is 4.79 Å². The first kappa shape index (κ1) is 12.3. The average molecular weight is 300 g/mol. The lowest BCUT2D eigenvalue weighted by atomic mass is 10.3. The van der Waals surface area contributed by atoms with Crippen LogP contribution in [0, 0.1) is 5.82 Å². The highest BCUT2D eigenvalue weighted by Crippen LogP contribution is 2.20. The fourth-order valence-electron chi connectivity index (χ4n) is 2.33. The summed E-state index contributed by atoms with van der Waals surface area (Å²) in [5.41, 5.74) is 1.90. The van der Waals surface area contributed by atoms with E-state index in [1.165, 1.54) is 29.5 Å². The summed E-state index contributed by atoms with van der Waals surface area (Å²) >= 11 is 1.41. The van der Waals surface area contributed by atoms with E-state index < -0.39 is 0 Å². The zero-order valence-electron chi connectivity index (χ0n) is 10.7. The number of hydrogen-bond acceptors (Lipinski definition) is 4. The van der Waals surface area contributed by atoms with Gasteiger partial charge in [-0.2, -0.15) is 0 Å². The zero-order valence-corrected chi connectivity index (χ0v) is 11.6. The Kier molecular flexibility index (Phi) is 2.65. The van der Waals surface area contributed by atoms with Crippen LogP contribution in [-0.4, -0.2) is 9.55 Å². The molecule has 4 rings (SSSR count). The number of aromatic nitrogens is 2. The molecule has 0 atom stereocenters. The number of hydrogen-bond donors (Lipinski definition) is 0. The predicted octanol–water partition coefficient (Wildman–Crippen LogP) is 3.39. The Hall–Kier alpha value is -2.47. The summed E-state index contributed by atoms with van der Waals surface area (Å²) in [5.74, 6) is 0.137. The summed E-state index contributed by atoms with van der Waals surface area (Å²) in [6.07, 6.45) is 1.72. The Balaban J connectivity index is 1.81. The maximum atomic E-state index is 13.2. The van der Waals surface area contributed by atoms with Gasteiger partial charge in [0.2, 0.25) is 5.89 Å². The molecule has 0 amide bonds. The largest absolute Gasteiger partial charge is 0.439 e. The van der Waals surface area contributed by atoms with E-state index >= 15 is 0 Å². The first-order chi connectivity index (χ1) is 10.2. The molecule has 0 bridgehead atoms. The van der Waals surface area contributed by atoms with E-state index in [0.717, 1.165) is 5.52 Å². The molecule has 1 aromatic carbocycles. The minimum absolute atomic E-state index is 0.0101. The lowest BCUT2D eigenvalue weighted by Crippen LogP contribution is -2.06. The van der Waals surface area contributed by atoms with Crippen molar-refractivity contribution in [3.63, 3.8) is 0 Å². The van der Waals surface area contributed by atoms with Gasteiger partial charge in [-0.15, -0.1) is 11.3 Å². The molecule has 0 unspecified atom stereocenters. The summed E-state index contributed by atoms with van der Waals surface area (Å²) < 4.78 is 21.4. The Morgan fingerprint density at radius 3 is 3.10 bits per heavy atom. The van der Waals surface area contributed by atoms with E-state index in [-0.39, 0.29) is 11.2 Å². The van der Waals surface area contributed by atoms with E-state index in [0.29, 0.717) is 28.2 Å². The van der Waals surface area contributed by atoms with Crippen LogP contribution >= 0.6 is 11.3 Å². The molecule has 3 heterocycles. The summed E-state index contributed by atoms with van der Waals surface area (Å²) in [4.78, 5) is 16.0. The van der Waals surface area contributed by atoms with Gasteiger partial charge in [-0.05, 0) is 23.6 Å². The average Bonchev–Trinajstić information content (AvgIpc) is 3.08. The molecule has 0 saturated heterocycles. The van der Waals surface area contributed by atoms with E-state index in [2.05, 4.69) is 4.98 Å². The monoisotopic (exact) mass is 300 g/mol. The molecule has 21 heavy (non-hydrogen) atoms. The summed E-state index contributed by atoms with van der Waals surface area (Å²) in [6.45, 7) is 0.393. The van der Waals surface area contributed by atoms with E-state index in [1.54, 1.807) is 12.3 Å². The minimum Gasteiger partial charge on any atom is -0.439 e. The molecule has 6 heteroatoms. The molecular weight excluding hydrogens is 291 g/mol. The van der Waals surface area contributed by atoms with Crippen molar-refractivity contribution in [3.8, 4) is 0 Å². The van der Waals surface area contributed by atoms with Crippen LogP contribution in [0.3, 0.4) is 0 Å². The zero-order chi connectivity index (χ0) is 14.4. The number of thiophene rings is 1. The molecule has 3 aromatic heterocycles. The smallest absolute Gasteiger partial charge is 0.215 e. The highest BCUT2D eigenvalue weighted by molar-refractivity contribution is 7.17. The number of rotatable bonds is 2. The van der Waals surface area contributed by atoms with Crippen LogP contribution in [0.25, 0.3) is 21.3 Å². The van der Waals surface area contributed by atoms with Crippen LogP contribution in [0.1, 0.15) is 5.89 Å². The van der Waals surface area contributed by atoms with Crippen molar-refractivity contribution >= 4 is 32.7 Å². The second-order valence-corrected chi connectivity index (χ2v) is 5.58. The molecule has 0 aliphatic heterocycles. The third-order valence-electron chi connectivity index (χ3n) is 3.28. The second-order valence-electron chi connectivity index (χ2n) is 4.66. The number of oxazole rings is 1. The highest BCUT2D eigenvalue weighted by Gasteiger charge is 2.10. The molecule has 4 nitrogen and oxygen atoms in total. The Morgan fingerprint density at radius 2 is 2.19 bits per heavy atom. The lowest BCUT2D eigenvalue weighted by Gasteiger charge is -2.04. The van der Waals surface area contributed by atoms with Gasteiger partial charge in [0, 0.05) is 18.3 Å². The summed E-state index contributed by atoms with van der Waals surface area (Å²) in [6, 6.07) is 7.67. The number of halogens is 1. The van der Waals surface area contributed by atoms with Gasteiger partial charge in [0.1, 0.15) is 11.3 Å². The Morgan fingerprint density at radius 1 is 1.29 bits per heavy atom. The van der Waals surface area contributed by atoms with Crippen molar-refractivity contribution in [2.45, 2.75) is 6.54 Å². The third kappa shape index (κ3) is 2.04. The van der Waals surface area contributed by atoms with Crippen molar-refractivity contribution in [1.82, 2.24) is 9.55 Å². The van der Waals surface area contributed by atoms with Gasteiger partial charge in [-0.25, -0.2) is 9.37 Å². The van der Waals surface area contributed by atoms with Gasteiger partial charge in [0.25, 0.3) is 0 Å². The molecule has 0 aliphatic rings. The molecule has 104 valence electrons. The van der Waals surface area contributed by atoms with Crippen molar-refractivity contribution in [3.05, 3.63) is 63.8 Å².